The SMILES string of the molecule is CC(Cc1cccs1)N(C)CC1(N)CCOCC1. The molecule has 0 radical (unpaired) electrons. The topological polar surface area (TPSA) is 38.5 Å². The maximum absolute atomic E-state index is 6.45. The van der Waals surface area contributed by atoms with Crippen LogP contribution in [0.2, 0.25) is 0 Å². The first-order valence-electron chi connectivity index (χ1n) is 6.68. The second-order valence-electron chi connectivity index (χ2n) is 5.52. The van der Waals surface area contributed by atoms with Gasteiger partial charge in [0.1, 0.15) is 0 Å². The molecule has 1 aliphatic rings. The molecule has 1 aromatic rings. The van der Waals surface area contributed by atoms with Gasteiger partial charge in [0.25, 0.3) is 0 Å². The first-order valence-corrected chi connectivity index (χ1v) is 7.56. The van der Waals surface area contributed by atoms with E-state index in [1.54, 1.807) is 0 Å². The predicted octanol–water partition coefficient (Wildman–Crippen LogP) is 2.12. The smallest absolute Gasteiger partial charge is 0.0484 e. The fraction of sp³-hybridized carbons (Fsp3) is 0.714. The molecule has 2 N–H and O–H groups in total. The lowest BCUT2D eigenvalue weighted by Gasteiger charge is -2.38. The molecule has 1 saturated heterocycles. The molecule has 0 saturated carbocycles. The number of nitrogens with zero attached hydrogens (tertiary/aromatic N) is 1. The molecule has 1 fully saturated rings. The first kappa shape index (κ1) is 14.0. The molecule has 0 aliphatic carbocycles. The number of ether oxygens (including phenoxy) is 1. The van der Waals surface area contributed by atoms with Crippen LogP contribution >= 0.6 is 11.3 Å². The van der Waals surface area contributed by atoms with Crippen molar-refractivity contribution >= 4 is 11.3 Å². The van der Waals surface area contributed by atoms with Gasteiger partial charge in [-0.15, -0.1) is 11.3 Å². The average Bonchev–Trinajstić information content (AvgIpc) is 2.82. The van der Waals surface area contributed by atoms with E-state index in [1.807, 2.05) is 11.3 Å². The van der Waals surface area contributed by atoms with E-state index < -0.39 is 0 Å². The molecule has 4 heteroatoms. The van der Waals surface area contributed by atoms with E-state index in [0.29, 0.717) is 6.04 Å². The Morgan fingerprint density at radius 2 is 2.22 bits per heavy atom. The second-order valence-corrected chi connectivity index (χ2v) is 6.55. The van der Waals surface area contributed by atoms with Crippen LogP contribution in [-0.2, 0) is 11.2 Å². The quantitative estimate of drug-likeness (QED) is 0.889. The van der Waals surface area contributed by atoms with Crippen LogP contribution in [-0.4, -0.2) is 43.3 Å². The fourth-order valence-corrected chi connectivity index (χ4v) is 3.29. The van der Waals surface area contributed by atoms with Crippen LogP contribution in [0.25, 0.3) is 0 Å². The van der Waals surface area contributed by atoms with Crippen LogP contribution in [0.5, 0.6) is 0 Å². The number of likely N-dealkylation sites (N-methyl/N-ethyl adjacent to an activating group) is 1. The summed E-state index contributed by atoms with van der Waals surface area (Å²) in [6.07, 6.45) is 3.06. The monoisotopic (exact) mass is 268 g/mol. The highest BCUT2D eigenvalue weighted by atomic mass is 32.1. The number of hydrogen-bond donors (Lipinski definition) is 1. The number of nitrogens with two attached hydrogens (primary N) is 1. The molecule has 0 aromatic carbocycles. The van der Waals surface area contributed by atoms with Crippen molar-refractivity contribution in [3.63, 3.8) is 0 Å². The van der Waals surface area contributed by atoms with Crippen LogP contribution in [0.15, 0.2) is 17.5 Å². The molecule has 102 valence electrons. The number of hydrogen-bond acceptors (Lipinski definition) is 4. The molecule has 2 rings (SSSR count). The third-order valence-corrected chi connectivity index (χ3v) is 4.78. The highest BCUT2D eigenvalue weighted by molar-refractivity contribution is 7.09. The summed E-state index contributed by atoms with van der Waals surface area (Å²) in [5.74, 6) is 0. The van der Waals surface area contributed by atoms with E-state index in [9.17, 15) is 0 Å². The lowest BCUT2D eigenvalue weighted by Crippen LogP contribution is -2.54. The molecule has 1 unspecified atom stereocenters. The maximum Gasteiger partial charge on any atom is 0.0484 e. The Morgan fingerprint density at radius 3 is 2.83 bits per heavy atom. The molecule has 3 nitrogen and oxygen atoms in total. The van der Waals surface area contributed by atoms with Crippen LogP contribution in [0.3, 0.4) is 0 Å². The van der Waals surface area contributed by atoms with Gasteiger partial charge >= 0.3 is 0 Å². The zero-order chi connectivity index (χ0) is 13.0. The van der Waals surface area contributed by atoms with Crippen LogP contribution in [0.1, 0.15) is 24.6 Å². The van der Waals surface area contributed by atoms with Crippen molar-refractivity contribution in [2.75, 3.05) is 26.8 Å². The van der Waals surface area contributed by atoms with Gasteiger partial charge < -0.3 is 15.4 Å². The predicted molar refractivity (Wildman–Crippen MR) is 77.1 cm³/mol. The summed E-state index contributed by atoms with van der Waals surface area (Å²) in [5.41, 5.74) is 6.39. The third-order valence-electron chi connectivity index (χ3n) is 3.88. The molecule has 0 bridgehead atoms. The Bertz CT molecular complexity index is 347. The highest BCUT2D eigenvalue weighted by Gasteiger charge is 2.30. The van der Waals surface area contributed by atoms with Gasteiger partial charge in [0, 0.05) is 36.2 Å². The number of rotatable bonds is 5. The van der Waals surface area contributed by atoms with Crippen molar-refractivity contribution in [3.8, 4) is 0 Å². The number of thiophene rings is 1. The molecular weight excluding hydrogens is 244 g/mol. The molecule has 1 aliphatic heterocycles. The van der Waals surface area contributed by atoms with E-state index in [0.717, 1.165) is 39.0 Å². The Labute approximate surface area is 114 Å². The molecule has 0 spiro atoms. The van der Waals surface area contributed by atoms with Gasteiger partial charge in [-0.25, -0.2) is 0 Å². The highest BCUT2D eigenvalue weighted by Crippen LogP contribution is 2.21. The summed E-state index contributed by atoms with van der Waals surface area (Å²) in [5, 5.41) is 2.14. The van der Waals surface area contributed by atoms with Crippen molar-refractivity contribution in [2.24, 2.45) is 5.73 Å². The summed E-state index contributed by atoms with van der Waals surface area (Å²) in [4.78, 5) is 3.85. The van der Waals surface area contributed by atoms with E-state index in [1.165, 1.54) is 4.88 Å². The zero-order valence-electron chi connectivity index (χ0n) is 11.4. The standard InChI is InChI=1S/C14H24N2OS/c1-12(10-13-4-3-9-18-13)16(2)11-14(15)5-7-17-8-6-14/h3-4,9,12H,5-8,10-11,15H2,1-2H3. The van der Waals surface area contributed by atoms with Gasteiger partial charge in [-0.2, -0.15) is 0 Å². The summed E-state index contributed by atoms with van der Waals surface area (Å²) in [6.45, 7) is 4.86. The van der Waals surface area contributed by atoms with Crippen LogP contribution in [0.4, 0.5) is 0 Å². The van der Waals surface area contributed by atoms with Gasteiger partial charge in [0.2, 0.25) is 0 Å². The van der Waals surface area contributed by atoms with Gasteiger partial charge in [-0.1, -0.05) is 6.07 Å². The average molecular weight is 268 g/mol. The summed E-state index contributed by atoms with van der Waals surface area (Å²) in [7, 11) is 2.18. The largest absolute Gasteiger partial charge is 0.381 e. The Balaban J connectivity index is 1.84. The minimum atomic E-state index is -0.0588. The molecule has 1 aromatic heterocycles. The molecule has 18 heavy (non-hydrogen) atoms. The zero-order valence-corrected chi connectivity index (χ0v) is 12.2. The van der Waals surface area contributed by atoms with Crippen LogP contribution in [0, 0.1) is 0 Å². The van der Waals surface area contributed by atoms with E-state index >= 15 is 0 Å². The Hall–Kier alpha value is -0.420. The molecule has 2 heterocycles. The van der Waals surface area contributed by atoms with Crippen molar-refractivity contribution < 1.29 is 4.74 Å². The fourth-order valence-electron chi connectivity index (χ4n) is 2.46. The Kier molecular flexibility index (Phi) is 4.78. The first-order chi connectivity index (χ1) is 8.59. The molecular formula is C14H24N2OS. The van der Waals surface area contributed by atoms with Crippen molar-refractivity contribution in [3.05, 3.63) is 22.4 Å². The summed E-state index contributed by atoms with van der Waals surface area (Å²) in [6, 6.07) is 4.86. The summed E-state index contributed by atoms with van der Waals surface area (Å²) >= 11 is 1.84. The lowest BCUT2D eigenvalue weighted by atomic mass is 9.90. The van der Waals surface area contributed by atoms with E-state index in [4.69, 9.17) is 10.5 Å². The maximum atomic E-state index is 6.45. The molecule has 0 amide bonds. The third kappa shape index (κ3) is 3.79. The van der Waals surface area contributed by atoms with Gasteiger partial charge in [-0.3, -0.25) is 0 Å². The van der Waals surface area contributed by atoms with Crippen LogP contribution < -0.4 is 5.73 Å². The van der Waals surface area contributed by atoms with Gasteiger partial charge in [0.15, 0.2) is 0 Å². The van der Waals surface area contributed by atoms with Crippen molar-refractivity contribution in [1.82, 2.24) is 4.90 Å². The Morgan fingerprint density at radius 1 is 1.50 bits per heavy atom. The van der Waals surface area contributed by atoms with E-state index in [-0.39, 0.29) is 5.54 Å². The van der Waals surface area contributed by atoms with E-state index in [2.05, 4.69) is 36.4 Å². The second kappa shape index (κ2) is 6.15. The minimum absolute atomic E-state index is 0.0588. The normalized spacial score (nSPS) is 21.1. The molecule has 1 atom stereocenters. The minimum Gasteiger partial charge on any atom is -0.381 e. The van der Waals surface area contributed by atoms with Crippen molar-refractivity contribution in [1.29, 1.82) is 0 Å². The van der Waals surface area contributed by atoms with Crippen molar-refractivity contribution in [2.45, 2.75) is 37.8 Å². The van der Waals surface area contributed by atoms with Gasteiger partial charge in [-0.05, 0) is 44.7 Å². The lowest BCUT2D eigenvalue weighted by molar-refractivity contribution is 0.0365. The summed E-state index contributed by atoms with van der Waals surface area (Å²) < 4.78 is 5.40. The van der Waals surface area contributed by atoms with Gasteiger partial charge in [0.05, 0.1) is 0 Å².